The van der Waals surface area contributed by atoms with Gasteiger partial charge in [0.05, 0.1) is 17.9 Å². The molecule has 1 fully saturated rings. The smallest absolute Gasteiger partial charge is 0.0777 e. The minimum atomic E-state index is 0.294. The first kappa shape index (κ1) is 11.2. The van der Waals surface area contributed by atoms with Crippen LogP contribution in [-0.4, -0.2) is 39.9 Å². The Labute approximate surface area is 103 Å². The number of hydrogen-bond donors (Lipinski definition) is 1. The van der Waals surface area contributed by atoms with Gasteiger partial charge in [0, 0.05) is 25.2 Å². The summed E-state index contributed by atoms with van der Waals surface area (Å²) < 4.78 is 2.25. The highest BCUT2D eigenvalue weighted by Gasteiger charge is 2.37. The fraction of sp³-hybridized carbons (Fsp3) is 0.769. The number of nitrogens with one attached hydrogen (secondary N) is 1. The second kappa shape index (κ2) is 3.82. The van der Waals surface area contributed by atoms with Gasteiger partial charge in [0.25, 0.3) is 0 Å². The van der Waals surface area contributed by atoms with Gasteiger partial charge in [-0.3, -0.25) is 9.58 Å². The van der Waals surface area contributed by atoms with Gasteiger partial charge >= 0.3 is 0 Å². The van der Waals surface area contributed by atoms with E-state index >= 15 is 0 Å². The van der Waals surface area contributed by atoms with Crippen LogP contribution >= 0.6 is 0 Å². The Bertz CT molecular complexity index is 410. The molecule has 0 aliphatic carbocycles. The van der Waals surface area contributed by atoms with Crippen molar-refractivity contribution in [2.75, 3.05) is 19.6 Å². The zero-order chi connectivity index (χ0) is 12.0. The average molecular weight is 234 g/mol. The molecule has 1 saturated heterocycles. The summed E-state index contributed by atoms with van der Waals surface area (Å²) in [7, 11) is 0. The predicted octanol–water partition coefficient (Wildman–Crippen LogP) is 1.18. The summed E-state index contributed by atoms with van der Waals surface area (Å²) in [6.45, 7) is 11.2. The lowest BCUT2D eigenvalue weighted by Crippen LogP contribution is -2.56. The van der Waals surface area contributed by atoms with Crippen LogP contribution in [0.4, 0.5) is 0 Å². The fourth-order valence-electron chi connectivity index (χ4n) is 2.73. The van der Waals surface area contributed by atoms with Gasteiger partial charge in [0.1, 0.15) is 0 Å². The number of fused-ring (bicyclic) bond motifs is 1. The van der Waals surface area contributed by atoms with Crippen molar-refractivity contribution in [2.45, 2.75) is 45.3 Å². The summed E-state index contributed by atoms with van der Waals surface area (Å²) in [5, 5.41) is 8.02. The molecule has 0 atom stereocenters. The Morgan fingerprint density at radius 1 is 1.35 bits per heavy atom. The van der Waals surface area contributed by atoms with Crippen LogP contribution in [0.15, 0.2) is 6.20 Å². The Hall–Kier alpha value is -0.870. The van der Waals surface area contributed by atoms with Crippen molar-refractivity contribution in [2.24, 2.45) is 0 Å². The van der Waals surface area contributed by atoms with Gasteiger partial charge in [0.15, 0.2) is 0 Å². The second-order valence-corrected chi connectivity index (χ2v) is 6.22. The van der Waals surface area contributed by atoms with Crippen molar-refractivity contribution >= 4 is 0 Å². The number of hydrogen-bond acceptors (Lipinski definition) is 3. The molecule has 2 aliphatic rings. The molecular formula is C13H22N4. The van der Waals surface area contributed by atoms with E-state index in [-0.39, 0.29) is 0 Å². The third-order valence-corrected chi connectivity index (χ3v) is 4.01. The summed E-state index contributed by atoms with van der Waals surface area (Å²) >= 11 is 0. The molecule has 1 N–H and O–H groups in total. The molecule has 0 radical (unpaired) electrons. The quantitative estimate of drug-likeness (QED) is 0.792. The van der Waals surface area contributed by atoms with Crippen LogP contribution in [0.3, 0.4) is 0 Å². The summed E-state index contributed by atoms with van der Waals surface area (Å²) in [6.07, 6.45) is 3.20. The van der Waals surface area contributed by atoms with Crippen LogP contribution in [-0.2, 0) is 13.0 Å². The average Bonchev–Trinajstić information content (AvgIpc) is 2.58. The molecule has 3 rings (SSSR count). The molecule has 4 heteroatoms. The number of rotatable bonds is 1. The largest absolute Gasteiger partial charge is 0.311 e. The van der Waals surface area contributed by atoms with Crippen LogP contribution in [0.25, 0.3) is 0 Å². The lowest BCUT2D eigenvalue weighted by Gasteiger charge is -2.48. The third-order valence-electron chi connectivity index (χ3n) is 4.01. The maximum Gasteiger partial charge on any atom is 0.0777 e. The molecule has 3 heterocycles. The highest BCUT2D eigenvalue weighted by Crippen LogP contribution is 2.30. The minimum absolute atomic E-state index is 0.294. The van der Waals surface area contributed by atoms with Crippen LogP contribution in [0.5, 0.6) is 0 Å². The molecule has 2 aliphatic heterocycles. The molecule has 0 spiro atoms. The topological polar surface area (TPSA) is 33.1 Å². The van der Waals surface area contributed by atoms with E-state index in [9.17, 15) is 0 Å². The zero-order valence-electron chi connectivity index (χ0n) is 11.0. The van der Waals surface area contributed by atoms with E-state index in [0.29, 0.717) is 11.6 Å². The number of nitrogens with zero attached hydrogens (tertiary/aromatic N) is 3. The Balaban J connectivity index is 1.73. The Kier molecular flexibility index (Phi) is 2.52. The summed E-state index contributed by atoms with van der Waals surface area (Å²) in [5.41, 5.74) is 3.15. The molecular weight excluding hydrogens is 212 g/mol. The Morgan fingerprint density at radius 3 is 2.82 bits per heavy atom. The first-order chi connectivity index (χ1) is 8.05. The molecule has 17 heavy (non-hydrogen) atoms. The summed E-state index contributed by atoms with van der Waals surface area (Å²) in [5.74, 6) is 0. The lowest BCUT2D eigenvalue weighted by molar-refractivity contribution is 0.0141. The van der Waals surface area contributed by atoms with Crippen LogP contribution < -0.4 is 5.32 Å². The van der Waals surface area contributed by atoms with Crippen LogP contribution in [0.1, 0.15) is 38.1 Å². The molecule has 0 saturated carbocycles. The van der Waals surface area contributed by atoms with E-state index < -0.39 is 0 Å². The third kappa shape index (κ3) is 1.89. The lowest BCUT2D eigenvalue weighted by atomic mass is 9.97. The van der Waals surface area contributed by atoms with Gasteiger partial charge in [0.2, 0.25) is 0 Å². The van der Waals surface area contributed by atoms with E-state index in [0.717, 1.165) is 32.6 Å². The van der Waals surface area contributed by atoms with Crippen molar-refractivity contribution in [1.29, 1.82) is 0 Å². The van der Waals surface area contributed by atoms with E-state index in [1.165, 1.54) is 11.3 Å². The van der Waals surface area contributed by atoms with Crippen molar-refractivity contribution in [3.63, 3.8) is 0 Å². The molecule has 1 aromatic heterocycles. The number of aromatic nitrogens is 2. The van der Waals surface area contributed by atoms with E-state index in [4.69, 9.17) is 0 Å². The predicted molar refractivity (Wildman–Crippen MR) is 68.0 cm³/mol. The maximum absolute atomic E-state index is 4.59. The fourth-order valence-corrected chi connectivity index (χ4v) is 2.73. The SMILES string of the molecule is CC(C)(C)N1CC(n2ncc3c2CNCC3)C1. The first-order valence-corrected chi connectivity index (χ1v) is 6.57. The van der Waals surface area contributed by atoms with Gasteiger partial charge in [-0.25, -0.2) is 0 Å². The van der Waals surface area contributed by atoms with Gasteiger partial charge in [-0.2, -0.15) is 5.10 Å². The monoisotopic (exact) mass is 234 g/mol. The van der Waals surface area contributed by atoms with Crippen molar-refractivity contribution in [3.05, 3.63) is 17.5 Å². The molecule has 0 aromatic carbocycles. The minimum Gasteiger partial charge on any atom is -0.311 e. The molecule has 1 aromatic rings. The van der Waals surface area contributed by atoms with Crippen molar-refractivity contribution in [1.82, 2.24) is 20.0 Å². The van der Waals surface area contributed by atoms with Gasteiger partial charge < -0.3 is 5.32 Å². The van der Waals surface area contributed by atoms with Gasteiger partial charge in [-0.1, -0.05) is 0 Å². The first-order valence-electron chi connectivity index (χ1n) is 6.57. The number of likely N-dealkylation sites (tertiary alicyclic amines) is 1. The van der Waals surface area contributed by atoms with Crippen LogP contribution in [0.2, 0.25) is 0 Å². The van der Waals surface area contributed by atoms with E-state index in [1.54, 1.807) is 0 Å². The molecule has 0 unspecified atom stereocenters. The maximum atomic E-state index is 4.59. The van der Waals surface area contributed by atoms with Gasteiger partial charge in [-0.15, -0.1) is 0 Å². The van der Waals surface area contributed by atoms with E-state index in [1.807, 2.05) is 0 Å². The molecule has 0 bridgehead atoms. The summed E-state index contributed by atoms with van der Waals surface area (Å²) in [6, 6.07) is 0.581. The normalized spacial score (nSPS) is 22.3. The molecule has 94 valence electrons. The van der Waals surface area contributed by atoms with Crippen molar-refractivity contribution < 1.29 is 0 Å². The zero-order valence-corrected chi connectivity index (χ0v) is 11.0. The standard InChI is InChI=1S/C13H22N4/c1-13(2,3)16-8-11(9-16)17-12-7-14-5-4-10(12)6-15-17/h6,11,14H,4-5,7-9H2,1-3H3. The van der Waals surface area contributed by atoms with Gasteiger partial charge in [-0.05, 0) is 39.3 Å². The Morgan fingerprint density at radius 2 is 2.12 bits per heavy atom. The summed E-state index contributed by atoms with van der Waals surface area (Å²) in [4.78, 5) is 2.52. The van der Waals surface area contributed by atoms with Crippen molar-refractivity contribution in [3.8, 4) is 0 Å². The van der Waals surface area contributed by atoms with E-state index in [2.05, 4.69) is 47.0 Å². The second-order valence-electron chi connectivity index (χ2n) is 6.22. The highest BCUT2D eigenvalue weighted by atomic mass is 15.4. The van der Waals surface area contributed by atoms with Crippen LogP contribution in [0, 0.1) is 0 Å². The molecule has 0 amide bonds. The highest BCUT2D eigenvalue weighted by molar-refractivity contribution is 5.21. The molecule has 4 nitrogen and oxygen atoms in total.